The van der Waals surface area contributed by atoms with E-state index in [-0.39, 0.29) is 24.5 Å². The van der Waals surface area contributed by atoms with Crippen LogP contribution < -0.4 is 0 Å². The summed E-state index contributed by atoms with van der Waals surface area (Å²) in [6, 6.07) is 6.39. The van der Waals surface area contributed by atoms with E-state index in [9.17, 15) is 14.7 Å². The second-order valence-electron chi connectivity index (χ2n) is 4.61. The molecule has 3 rings (SSSR count). The van der Waals surface area contributed by atoms with Gasteiger partial charge in [0.15, 0.2) is 0 Å². The zero-order valence-corrected chi connectivity index (χ0v) is 9.70. The molecule has 1 fully saturated rings. The monoisotopic (exact) mass is 247 g/mol. The summed E-state index contributed by atoms with van der Waals surface area (Å²) in [5, 5.41) is 9.56. The van der Waals surface area contributed by atoms with E-state index in [2.05, 4.69) is 0 Å². The SMILES string of the molecule is O=C1c2ccccc2C(=O)N1[C@@H]1COC[C@H](O)C1. The number of carbonyl (C=O) groups excluding carboxylic acids is 2. The maximum absolute atomic E-state index is 12.2. The van der Waals surface area contributed by atoms with Gasteiger partial charge < -0.3 is 9.84 Å². The molecule has 2 aliphatic rings. The summed E-state index contributed by atoms with van der Waals surface area (Å²) in [6.07, 6.45) is -0.237. The van der Waals surface area contributed by atoms with Crippen LogP contribution in [0.25, 0.3) is 0 Å². The molecule has 0 saturated carbocycles. The number of benzene rings is 1. The minimum absolute atomic E-state index is 0.264. The molecule has 0 unspecified atom stereocenters. The van der Waals surface area contributed by atoms with Crippen LogP contribution in [0.1, 0.15) is 27.1 Å². The third-order valence-electron chi connectivity index (χ3n) is 3.36. The van der Waals surface area contributed by atoms with Crippen molar-refractivity contribution in [3.8, 4) is 0 Å². The number of hydrogen-bond donors (Lipinski definition) is 1. The van der Waals surface area contributed by atoms with Gasteiger partial charge in [-0.15, -0.1) is 0 Å². The lowest BCUT2D eigenvalue weighted by Gasteiger charge is -2.31. The molecule has 0 radical (unpaired) electrons. The first-order chi connectivity index (χ1) is 8.68. The summed E-state index contributed by atoms with van der Waals surface area (Å²) in [5.41, 5.74) is 0.866. The van der Waals surface area contributed by atoms with E-state index in [1.165, 1.54) is 4.90 Å². The molecule has 0 spiro atoms. The van der Waals surface area contributed by atoms with Gasteiger partial charge in [0.2, 0.25) is 0 Å². The zero-order valence-electron chi connectivity index (χ0n) is 9.70. The third kappa shape index (κ3) is 1.63. The fraction of sp³-hybridized carbons (Fsp3) is 0.385. The first-order valence-electron chi connectivity index (χ1n) is 5.91. The number of aliphatic hydroxyl groups excluding tert-OH is 1. The van der Waals surface area contributed by atoms with Gasteiger partial charge in [-0.25, -0.2) is 0 Å². The van der Waals surface area contributed by atoms with Crippen molar-refractivity contribution in [2.24, 2.45) is 0 Å². The highest BCUT2D eigenvalue weighted by Gasteiger charge is 2.41. The van der Waals surface area contributed by atoms with Gasteiger partial charge in [0, 0.05) is 0 Å². The number of hydrogen-bond acceptors (Lipinski definition) is 4. The number of ether oxygens (including phenoxy) is 1. The minimum atomic E-state index is -0.618. The summed E-state index contributed by atoms with van der Waals surface area (Å²) in [5.74, 6) is -0.586. The molecular weight excluding hydrogens is 234 g/mol. The quantitative estimate of drug-likeness (QED) is 0.731. The maximum atomic E-state index is 12.2. The number of imide groups is 1. The van der Waals surface area contributed by atoms with E-state index >= 15 is 0 Å². The molecule has 2 atom stereocenters. The average Bonchev–Trinajstić information content (AvgIpc) is 2.63. The Labute approximate surface area is 104 Å². The topological polar surface area (TPSA) is 66.8 Å². The Hall–Kier alpha value is -1.72. The Bertz CT molecular complexity index is 478. The Balaban J connectivity index is 1.92. The molecule has 1 aromatic rings. The lowest BCUT2D eigenvalue weighted by Crippen LogP contribution is -2.48. The average molecular weight is 247 g/mol. The highest BCUT2D eigenvalue weighted by atomic mass is 16.5. The highest BCUT2D eigenvalue weighted by molar-refractivity contribution is 6.21. The van der Waals surface area contributed by atoms with E-state index < -0.39 is 6.10 Å². The Morgan fingerprint density at radius 2 is 1.72 bits per heavy atom. The summed E-state index contributed by atoms with van der Waals surface area (Å²) in [7, 11) is 0. The van der Waals surface area contributed by atoms with Crippen LogP contribution in [-0.4, -0.2) is 47.2 Å². The van der Waals surface area contributed by atoms with Crippen molar-refractivity contribution >= 4 is 11.8 Å². The number of amides is 2. The molecule has 1 saturated heterocycles. The largest absolute Gasteiger partial charge is 0.391 e. The lowest BCUT2D eigenvalue weighted by molar-refractivity contribution is -0.0421. The van der Waals surface area contributed by atoms with Gasteiger partial charge in [0.1, 0.15) is 0 Å². The number of nitrogens with zero attached hydrogens (tertiary/aromatic N) is 1. The molecular formula is C13H13NO4. The van der Waals surface area contributed by atoms with Crippen LogP contribution >= 0.6 is 0 Å². The number of fused-ring (bicyclic) bond motifs is 1. The van der Waals surface area contributed by atoms with Crippen molar-refractivity contribution in [2.75, 3.05) is 13.2 Å². The van der Waals surface area contributed by atoms with Crippen molar-refractivity contribution in [2.45, 2.75) is 18.6 Å². The molecule has 0 bridgehead atoms. The Morgan fingerprint density at radius 3 is 2.28 bits per heavy atom. The second-order valence-corrected chi connectivity index (χ2v) is 4.61. The standard InChI is InChI=1S/C13H13NO4/c15-9-5-8(6-18-7-9)14-12(16)10-3-1-2-4-11(10)13(14)17/h1-4,8-9,15H,5-7H2/t8-,9+/m0/s1. The predicted octanol–water partition coefficient (Wildman–Crippen LogP) is 0.432. The van der Waals surface area contributed by atoms with Crippen LogP contribution in [0.2, 0.25) is 0 Å². The van der Waals surface area contributed by atoms with E-state index in [0.717, 1.165) is 0 Å². The van der Waals surface area contributed by atoms with Gasteiger partial charge in [-0.05, 0) is 18.6 Å². The number of aliphatic hydroxyl groups is 1. The summed E-state index contributed by atoms with van der Waals surface area (Å²) < 4.78 is 5.21. The number of carbonyl (C=O) groups is 2. The molecule has 0 aliphatic carbocycles. The first kappa shape index (κ1) is 11.4. The van der Waals surface area contributed by atoms with Gasteiger partial charge in [-0.3, -0.25) is 14.5 Å². The minimum Gasteiger partial charge on any atom is -0.391 e. The fourth-order valence-electron chi connectivity index (χ4n) is 2.51. The van der Waals surface area contributed by atoms with Gasteiger partial charge in [-0.1, -0.05) is 12.1 Å². The molecule has 2 aliphatic heterocycles. The second kappa shape index (κ2) is 4.19. The fourth-order valence-corrected chi connectivity index (χ4v) is 2.51. The van der Waals surface area contributed by atoms with E-state index in [1.807, 2.05) is 0 Å². The van der Waals surface area contributed by atoms with Gasteiger partial charge in [0.05, 0.1) is 36.5 Å². The molecule has 1 aromatic carbocycles. The van der Waals surface area contributed by atoms with Crippen LogP contribution in [0.4, 0.5) is 0 Å². The first-order valence-corrected chi connectivity index (χ1v) is 5.91. The van der Waals surface area contributed by atoms with Crippen LogP contribution in [0.5, 0.6) is 0 Å². The van der Waals surface area contributed by atoms with Crippen molar-refractivity contribution in [3.05, 3.63) is 35.4 Å². The highest BCUT2D eigenvalue weighted by Crippen LogP contribution is 2.27. The van der Waals surface area contributed by atoms with Gasteiger partial charge in [0.25, 0.3) is 11.8 Å². The van der Waals surface area contributed by atoms with Crippen LogP contribution in [0, 0.1) is 0 Å². The summed E-state index contributed by atoms with van der Waals surface area (Å²) in [6.45, 7) is 0.558. The molecule has 94 valence electrons. The maximum Gasteiger partial charge on any atom is 0.261 e. The van der Waals surface area contributed by atoms with E-state index in [1.54, 1.807) is 24.3 Å². The van der Waals surface area contributed by atoms with Crippen LogP contribution in [0.3, 0.4) is 0 Å². The third-order valence-corrected chi connectivity index (χ3v) is 3.36. The van der Waals surface area contributed by atoms with Crippen molar-refractivity contribution < 1.29 is 19.4 Å². The predicted molar refractivity (Wildman–Crippen MR) is 62.2 cm³/mol. The summed E-state index contributed by atoms with van der Waals surface area (Å²) in [4.78, 5) is 25.6. The normalized spacial score (nSPS) is 27.5. The van der Waals surface area contributed by atoms with Crippen molar-refractivity contribution in [3.63, 3.8) is 0 Å². The lowest BCUT2D eigenvalue weighted by atomic mass is 10.1. The Kier molecular flexibility index (Phi) is 2.65. The van der Waals surface area contributed by atoms with Crippen LogP contribution in [0.15, 0.2) is 24.3 Å². The van der Waals surface area contributed by atoms with Crippen molar-refractivity contribution in [1.82, 2.24) is 4.90 Å². The molecule has 18 heavy (non-hydrogen) atoms. The van der Waals surface area contributed by atoms with Crippen molar-refractivity contribution in [1.29, 1.82) is 0 Å². The summed E-state index contributed by atoms with van der Waals surface area (Å²) >= 11 is 0. The molecule has 0 aromatic heterocycles. The molecule has 5 nitrogen and oxygen atoms in total. The van der Waals surface area contributed by atoms with Crippen LogP contribution in [-0.2, 0) is 4.74 Å². The van der Waals surface area contributed by atoms with Gasteiger partial charge in [-0.2, -0.15) is 0 Å². The molecule has 1 N–H and O–H groups in total. The smallest absolute Gasteiger partial charge is 0.261 e. The van der Waals surface area contributed by atoms with E-state index in [4.69, 9.17) is 4.74 Å². The molecule has 2 heterocycles. The van der Waals surface area contributed by atoms with Gasteiger partial charge >= 0.3 is 0 Å². The zero-order chi connectivity index (χ0) is 12.7. The van der Waals surface area contributed by atoms with E-state index in [0.29, 0.717) is 24.2 Å². The molecule has 2 amide bonds. The Morgan fingerprint density at radius 1 is 1.11 bits per heavy atom. The number of rotatable bonds is 1. The molecule has 5 heteroatoms.